The molecule has 2 rings (SSSR count). The Morgan fingerprint density at radius 1 is 1.20 bits per heavy atom. The van der Waals surface area contributed by atoms with Gasteiger partial charge in [0.15, 0.2) is 5.13 Å². The molecule has 1 N–H and O–H groups in total. The van der Waals surface area contributed by atoms with Crippen molar-refractivity contribution in [2.75, 3.05) is 5.32 Å². The summed E-state index contributed by atoms with van der Waals surface area (Å²) in [5.74, 6) is 0. The van der Waals surface area contributed by atoms with Crippen LogP contribution in [0.2, 0.25) is 0 Å². The molecular formula is C10H12N4S. The van der Waals surface area contributed by atoms with Gasteiger partial charge in [0.2, 0.25) is 0 Å². The van der Waals surface area contributed by atoms with Crippen molar-refractivity contribution in [1.29, 1.82) is 0 Å². The number of rotatable bonds is 3. The molecular weight excluding hydrogens is 208 g/mol. The van der Waals surface area contributed by atoms with Gasteiger partial charge in [-0.25, -0.2) is 4.98 Å². The van der Waals surface area contributed by atoms with Gasteiger partial charge in [-0.1, -0.05) is 0 Å². The van der Waals surface area contributed by atoms with Gasteiger partial charge in [-0.15, -0.1) is 11.3 Å². The number of thiazole rings is 1. The fraction of sp³-hybridized carbons (Fsp3) is 0.300. The molecule has 0 aliphatic carbocycles. The van der Waals surface area contributed by atoms with Gasteiger partial charge in [0, 0.05) is 24.0 Å². The van der Waals surface area contributed by atoms with Crippen LogP contribution in [0.15, 0.2) is 24.0 Å². The zero-order valence-electron chi connectivity index (χ0n) is 8.64. The molecule has 1 unspecified atom stereocenters. The minimum Gasteiger partial charge on any atom is -0.353 e. The molecule has 0 bridgehead atoms. The van der Waals surface area contributed by atoms with Crippen LogP contribution in [0.3, 0.4) is 0 Å². The standard InChI is InChI=1S/C10H12N4S/c1-7-9(12-4-3-11-7)8(2)14-10-13-5-6-15-10/h3-6,8H,1-2H3,(H,13,14). The van der Waals surface area contributed by atoms with Crippen LogP contribution >= 0.6 is 11.3 Å². The Hall–Kier alpha value is -1.49. The molecule has 0 aromatic carbocycles. The number of aromatic nitrogens is 3. The van der Waals surface area contributed by atoms with Crippen molar-refractivity contribution in [3.05, 3.63) is 35.4 Å². The highest BCUT2D eigenvalue weighted by molar-refractivity contribution is 7.13. The topological polar surface area (TPSA) is 50.7 Å². The summed E-state index contributed by atoms with van der Waals surface area (Å²) < 4.78 is 0. The van der Waals surface area contributed by atoms with Crippen molar-refractivity contribution in [2.45, 2.75) is 19.9 Å². The van der Waals surface area contributed by atoms with Gasteiger partial charge in [0.25, 0.3) is 0 Å². The lowest BCUT2D eigenvalue weighted by molar-refractivity contribution is 0.808. The molecule has 0 saturated heterocycles. The molecule has 78 valence electrons. The van der Waals surface area contributed by atoms with Crippen LogP contribution in [0.5, 0.6) is 0 Å². The lowest BCUT2D eigenvalue weighted by Crippen LogP contribution is -2.10. The molecule has 0 spiro atoms. The highest BCUT2D eigenvalue weighted by Gasteiger charge is 2.10. The van der Waals surface area contributed by atoms with Gasteiger partial charge >= 0.3 is 0 Å². The van der Waals surface area contributed by atoms with Crippen LogP contribution in [0.1, 0.15) is 24.4 Å². The second-order valence-electron chi connectivity index (χ2n) is 3.23. The van der Waals surface area contributed by atoms with Gasteiger partial charge in [-0.2, -0.15) is 0 Å². The second-order valence-corrected chi connectivity index (χ2v) is 4.12. The predicted molar refractivity (Wildman–Crippen MR) is 60.9 cm³/mol. The molecule has 0 fully saturated rings. The summed E-state index contributed by atoms with van der Waals surface area (Å²) in [6, 6.07) is 0.129. The second kappa shape index (κ2) is 4.35. The SMILES string of the molecule is Cc1nccnc1C(C)Nc1nccs1. The summed E-state index contributed by atoms with van der Waals surface area (Å²) in [6.07, 6.45) is 5.19. The summed E-state index contributed by atoms with van der Waals surface area (Å²) in [5, 5.41) is 6.14. The molecule has 2 aromatic heterocycles. The Morgan fingerprint density at radius 2 is 2.00 bits per heavy atom. The number of nitrogens with zero attached hydrogens (tertiary/aromatic N) is 3. The lowest BCUT2D eigenvalue weighted by atomic mass is 10.2. The van der Waals surface area contributed by atoms with Crippen molar-refractivity contribution < 1.29 is 0 Å². The van der Waals surface area contributed by atoms with E-state index in [0.717, 1.165) is 16.5 Å². The van der Waals surface area contributed by atoms with E-state index in [2.05, 4.69) is 27.2 Å². The quantitative estimate of drug-likeness (QED) is 0.863. The number of aryl methyl sites for hydroxylation is 1. The first-order valence-electron chi connectivity index (χ1n) is 4.71. The van der Waals surface area contributed by atoms with Crippen LogP contribution in [0.4, 0.5) is 5.13 Å². The first-order chi connectivity index (χ1) is 7.27. The highest BCUT2D eigenvalue weighted by Crippen LogP contribution is 2.20. The first kappa shape index (κ1) is 10.0. The van der Waals surface area contributed by atoms with Crippen molar-refractivity contribution in [2.24, 2.45) is 0 Å². The molecule has 5 heteroatoms. The molecule has 4 nitrogen and oxygen atoms in total. The van der Waals surface area contributed by atoms with E-state index in [1.54, 1.807) is 29.9 Å². The summed E-state index contributed by atoms with van der Waals surface area (Å²) >= 11 is 1.58. The van der Waals surface area contributed by atoms with Crippen LogP contribution in [0.25, 0.3) is 0 Å². The van der Waals surface area contributed by atoms with E-state index in [1.807, 2.05) is 12.3 Å². The van der Waals surface area contributed by atoms with E-state index in [9.17, 15) is 0 Å². The third-order valence-electron chi connectivity index (χ3n) is 2.10. The third kappa shape index (κ3) is 2.30. The van der Waals surface area contributed by atoms with E-state index in [4.69, 9.17) is 0 Å². The Bertz CT molecular complexity index is 427. The largest absolute Gasteiger partial charge is 0.353 e. The molecule has 15 heavy (non-hydrogen) atoms. The molecule has 1 atom stereocenters. The Kier molecular flexibility index (Phi) is 2.91. The van der Waals surface area contributed by atoms with E-state index in [-0.39, 0.29) is 6.04 Å². The van der Waals surface area contributed by atoms with Crippen LogP contribution in [0, 0.1) is 6.92 Å². The average Bonchev–Trinajstić information content (AvgIpc) is 2.71. The maximum Gasteiger partial charge on any atom is 0.183 e. The van der Waals surface area contributed by atoms with Crippen LogP contribution in [-0.2, 0) is 0 Å². The summed E-state index contributed by atoms with van der Waals surface area (Å²) in [4.78, 5) is 12.7. The summed E-state index contributed by atoms with van der Waals surface area (Å²) in [5.41, 5.74) is 1.92. The van der Waals surface area contributed by atoms with Crippen molar-refractivity contribution in [3.8, 4) is 0 Å². The normalized spacial score (nSPS) is 12.4. The van der Waals surface area contributed by atoms with Crippen LogP contribution < -0.4 is 5.32 Å². The van der Waals surface area contributed by atoms with Gasteiger partial charge in [-0.05, 0) is 13.8 Å². The first-order valence-corrected chi connectivity index (χ1v) is 5.59. The Morgan fingerprint density at radius 3 is 2.67 bits per heavy atom. The van der Waals surface area contributed by atoms with E-state index in [0.29, 0.717) is 0 Å². The van der Waals surface area contributed by atoms with Crippen molar-refractivity contribution in [1.82, 2.24) is 15.0 Å². The number of hydrogen-bond donors (Lipinski definition) is 1. The average molecular weight is 220 g/mol. The van der Waals surface area contributed by atoms with E-state index >= 15 is 0 Å². The lowest BCUT2D eigenvalue weighted by Gasteiger charge is -2.13. The molecule has 0 saturated carbocycles. The number of anilines is 1. The van der Waals surface area contributed by atoms with Gasteiger partial charge in [-0.3, -0.25) is 9.97 Å². The van der Waals surface area contributed by atoms with E-state index < -0.39 is 0 Å². The third-order valence-corrected chi connectivity index (χ3v) is 2.81. The van der Waals surface area contributed by atoms with Gasteiger partial charge < -0.3 is 5.32 Å². The van der Waals surface area contributed by atoms with E-state index in [1.165, 1.54) is 0 Å². The molecule has 2 aromatic rings. The van der Waals surface area contributed by atoms with Gasteiger partial charge in [0.05, 0.1) is 17.4 Å². The monoisotopic (exact) mass is 220 g/mol. The zero-order chi connectivity index (χ0) is 10.7. The van der Waals surface area contributed by atoms with Crippen molar-refractivity contribution in [3.63, 3.8) is 0 Å². The molecule has 0 aliphatic heterocycles. The Labute approximate surface area is 92.4 Å². The fourth-order valence-corrected chi connectivity index (χ4v) is 2.01. The summed E-state index contributed by atoms with van der Waals surface area (Å²) in [7, 11) is 0. The molecule has 0 aliphatic rings. The van der Waals surface area contributed by atoms with Gasteiger partial charge in [0.1, 0.15) is 0 Å². The van der Waals surface area contributed by atoms with Crippen molar-refractivity contribution >= 4 is 16.5 Å². The maximum absolute atomic E-state index is 4.31. The molecule has 0 radical (unpaired) electrons. The number of nitrogens with one attached hydrogen (secondary N) is 1. The Balaban J connectivity index is 2.15. The smallest absolute Gasteiger partial charge is 0.183 e. The minimum atomic E-state index is 0.129. The maximum atomic E-state index is 4.31. The molecule has 2 heterocycles. The minimum absolute atomic E-state index is 0.129. The fourth-order valence-electron chi connectivity index (χ4n) is 1.39. The van der Waals surface area contributed by atoms with Crippen LogP contribution in [-0.4, -0.2) is 15.0 Å². The summed E-state index contributed by atoms with van der Waals surface area (Å²) in [6.45, 7) is 4.01. The zero-order valence-corrected chi connectivity index (χ0v) is 9.45. The highest BCUT2D eigenvalue weighted by atomic mass is 32.1. The predicted octanol–water partition coefficient (Wildman–Crippen LogP) is 2.41. The number of hydrogen-bond acceptors (Lipinski definition) is 5. The molecule has 0 amide bonds.